The molecule has 2 amide bonds. The smallest absolute Gasteiger partial charge is 0.319 e. The average Bonchev–Trinajstić information content (AvgIpc) is 3.25. The summed E-state index contributed by atoms with van der Waals surface area (Å²) in [6, 6.07) is 11.6. The van der Waals surface area contributed by atoms with Crippen LogP contribution in [0.25, 0.3) is 10.9 Å². The quantitative estimate of drug-likeness (QED) is 0.726. The number of carbonyl (C=O) groups excluding carboxylic acids is 1. The maximum atomic E-state index is 12.5. The lowest BCUT2D eigenvalue weighted by atomic mass is 9.85. The molecule has 0 fully saturated rings. The van der Waals surface area contributed by atoms with Gasteiger partial charge in [0.15, 0.2) is 0 Å². The van der Waals surface area contributed by atoms with Crippen molar-refractivity contribution >= 4 is 22.6 Å². The third-order valence-corrected chi connectivity index (χ3v) is 5.66. The molecule has 146 valence electrons. The lowest BCUT2D eigenvalue weighted by Gasteiger charge is -2.29. The van der Waals surface area contributed by atoms with Crippen LogP contribution in [0.3, 0.4) is 0 Å². The number of anilines is 1. The van der Waals surface area contributed by atoms with Gasteiger partial charge in [-0.15, -0.1) is 0 Å². The van der Waals surface area contributed by atoms with Crippen molar-refractivity contribution in [2.24, 2.45) is 5.73 Å². The van der Waals surface area contributed by atoms with Crippen LogP contribution in [0.15, 0.2) is 42.6 Å². The van der Waals surface area contributed by atoms with Gasteiger partial charge in [-0.3, -0.25) is 4.90 Å². The van der Waals surface area contributed by atoms with Gasteiger partial charge in [-0.25, -0.2) is 9.48 Å². The van der Waals surface area contributed by atoms with E-state index in [4.69, 9.17) is 5.73 Å². The third-order valence-electron chi connectivity index (χ3n) is 5.66. The summed E-state index contributed by atoms with van der Waals surface area (Å²) in [6.45, 7) is 6.40. The molecule has 0 spiro atoms. The third kappa shape index (κ3) is 2.94. The van der Waals surface area contributed by atoms with E-state index in [0.717, 1.165) is 35.0 Å². The van der Waals surface area contributed by atoms with Gasteiger partial charge in [0.05, 0.1) is 23.4 Å². The van der Waals surface area contributed by atoms with Gasteiger partial charge < -0.3 is 10.8 Å². The fraction of sp³-hybridized carbons (Fsp3) is 0.364. The van der Waals surface area contributed by atoms with Gasteiger partial charge in [0, 0.05) is 5.39 Å². The number of aromatic nitrogens is 2. The van der Waals surface area contributed by atoms with E-state index in [2.05, 4.69) is 44.1 Å². The minimum Gasteiger partial charge on any atom is -0.374 e. The molecule has 4 rings (SSSR count). The van der Waals surface area contributed by atoms with E-state index < -0.39 is 6.03 Å². The van der Waals surface area contributed by atoms with Crippen LogP contribution in [0.1, 0.15) is 49.9 Å². The zero-order valence-corrected chi connectivity index (χ0v) is 16.5. The number of fused-ring (bicyclic) bond motifs is 2. The largest absolute Gasteiger partial charge is 0.374 e. The Bertz CT molecular complexity index is 1050. The number of urea groups is 1. The van der Waals surface area contributed by atoms with Crippen molar-refractivity contribution in [1.29, 1.82) is 0 Å². The monoisotopic (exact) mass is 378 g/mol. The van der Waals surface area contributed by atoms with E-state index in [9.17, 15) is 9.90 Å². The van der Waals surface area contributed by atoms with Gasteiger partial charge >= 0.3 is 6.03 Å². The molecule has 6 nitrogen and oxygen atoms in total. The molecular weight excluding hydrogens is 352 g/mol. The topological polar surface area (TPSA) is 84.4 Å². The number of hydrogen-bond acceptors (Lipinski definition) is 3. The molecule has 0 saturated heterocycles. The van der Waals surface area contributed by atoms with E-state index >= 15 is 0 Å². The van der Waals surface area contributed by atoms with Crippen molar-refractivity contribution in [3.05, 3.63) is 59.3 Å². The summed E-state index contributed by atoms with van der Waals surface area (Å²) in [5.74, 6) is 0. The van der Waals surface area contributed by atoms with Gasteiger partial charge in [-0.05, 0) is 47.1 Å². The minimum atomic E-state index is -0.484. The van der Waals surface area contributed by atoms with Crippen molar-refractivity contribution in [1.82, 2.24) is 9.78 Å². The number of nitrogens with two attached hydrogens (primary N) is 1. The van der Waals surface area contributed by atoms with Crippen molar-refractivity contribution in [3.8, 4) is 0 Å². The molecule has 1 aromatic heterocycles. The highest BCUT2D eigenvalue weighted by Gasteiger charge is 2.33. The highest BCUT2D eigenvalue weighted by atomic mass is 16.3. The van der Waals surface area contributed by atoms with Crippen LogP contribution < -0.4 is 10.6 Å². The number of hydrogen-bond donors (Lipinski definition) is 2. The molecule has 0 bridgehead atoms. The molecule has 1 aliphatic carbocycles. The molecule has 3 N–H and O–H groups in total. The zero-order chi connectivity index (χ0) is 20.1. The van der Waals surface area contributed by atoms with Crippen molar-refractivity contribution in [2.75, 3.05) is 4.90 Å². The van der Waals surface area contributed by atoms with Gasteiger partial charge in [0.2, 0.25) is 0 Å². The molecule has 2 aromatic carbocycles. The number of rotatable bonds is 3. The maximum absolute atomic E-state index is 12.5. The molecule has 0 aliphatic heterocycles. The number of amides is 2. The first-order valence-corrected chi connectivity index (χ1v) is 9.58. The number of aliphatic hydroxyl groups excluding tert-OH is 1. The Labute approximate surface area is 164 Å². The molecule has 28 heavy (non-hydrogen) atoms. The summed E-state index contributed by atoms with van der Waals surface area (Å²) in [6.07, 6.45) is 3.42. The molecular formula is C22H26N4O2. The molecule has 0 saturated carbocycles. The minimum absolute atomic E-state index is 0.0843. The summed E-state index contributed by atoms with van der Waals surface area (Å²) < 4.78 is 1.50. The summed E-state index contributed by atoms with van der Waals surface area (Å²) in [5.41, 5.74) is 11.2. The van der Waals surface area contributed by atoms with Crippen molar-refractivity contribution in [2.45, 2.75) is 51.8 Å². The molecule has 0 unspecified atom stereocenters. The van der Waals surface area contributed by atoms with Crippen LogP contribution in [0.4, 0.5) is 10.5 Å². The molecule has 6 heteroatoms. The Morgan fingerprint density at radius 2 is 2.11 bits per heavy atom. The van der Waals surface area contributed by atoms with Gasteiger partial charge in [-0.2, -0.15) is 5.10 Å². The standard InChI is InChI=1S/C22H26N4O2/c1-22(2,3)15-8-9-16-14(11-15)7-10-20(16)26(21(23)28)19-6-4-5-18-17(19)12-24-25(18)13-27/h4-6,8-9,11-12,20,27H,7,10,13H2,1-3H3,(H2,23,28)/t20-/m1/s1. The van der Waals surface area contributed by atoms with E-state index in [0.29, 0.717) is 0 Å². The molecule has 0 radical (unpaired) electrons. The summed E-state index contributed by atoms with van der Waals surface area (Å²) in [4.78, 5) is 14.2. The van der Waals surface area contributed by atoms with Crippen LogP contribution in [-0.4, -0.2) is 20.9 Å². The average molecular weight is 378 g/mol. The Morgan fingerprint density at radius 3 is 2.79 bits per heavy atom. The Morgan fingerprint density at radius 1 is 1.32 bits per heavy atom. The summed E-state index contributed by atoms with van der Waals surface area (Å²) in [7, 11) is 0. The second-order valence-electron chi connectivity index (χ2n) is 8.42. The Kier molecular flexibility index (Phi) is 4.38. The van der Waals surface area contributed by atoms with Crippen molar-refractivity contribution < 1.29 is 9.90 Å². The second kappa shape index (κ2) is 6.63. The number of aryl methyl sites for hydroxylation is 1. The number of benzene rings is 2. The first-order valence-electron chi connectivity index (χ1n) is 9.58. The number of carbonyl (C=O) groups is 1. The van der Waals surface area contributed by atoms with Gasteiger partial charge in [0.25, 0.3) is 0 Å². The summed E-state index contributed by atoms with van der Waals surface area (Å²) >= 11 is 0. The van der Waals surface area contributed by atoms with Crippen LogP contribution >= 0.6 is 0 Å². The first kappa shape index (κ1) is 18.5. The number of aliphatic hydroxyl groups is 1. The van der Waals surface area contributed by atoms with E-state index in [1.165, 1.54) is 15.8 Å². The first-order chi connectivity index (χ1) is 13.3. The van der Waals surface area contributed by atoms with E-state index in [1.54, 1.807) is 11.1 Å². The predicted octanol–water partition coefficient (Wildman–Crippen LogP) is 3.86. The highest BCUT2D eigenvalue weighted by molar-refractivity contribution is 6.02. The fourth-order valence-electron chi connectivity index (χ4n) is 4.18. The van der Waals surface area contributed by atoms with Gasteiger partial charge in [-0.1, -0.05) is 45.0 Å². The lowest BCUT2D eigenvalue weighted by Crippen LogP contribution is -2.38. The fourth-order valence-corrected chi connectivity index (χ4v) is 4.18. The zero-order valence-electron chi connectivity index (χ0n) is 16.5. The Hall–Kier alpha value is -2.86. The molecule has 1 aliphatic rings. The van der Waals surface area contributed by atoms with E-state index in [1.807, 2.05) is 18.2 Å². The molecule has 1 heterocycles. The van der Waals surface area contributed by atoms with Crippen LogP contribution in [0, 0.1) is 0 Å². The van der Waals surface area contributed by atoms with Crippen LogP contribution in [0.2, 0.25) is 0 Å². The highest BCUT2D eigenvalue weighted by Crippen LogP contribution is 2.41. The SMILES string of the molecule is CC(C)(C)c1ccc2c(c1)CC[C@H]2N(C(N)=O)c1cccc2c1cnn2CO. The number of nitrogens with zero attached hydrogens (tertiary/aromatic N) is 3. The normalized spacial score (nSPS) is 16.4. The van der Waals surface area contributed by atoms with Gasteiger partial charge in [0.1, 0.15) is 6.73 Å². The second-order valence-corrected chi connectivity index (χ2v) is 8.42. The number of primary amides is 1. The van der Waals surface area contributed by atoms with Crippen LogP contribution in [-0.2, 0) is 18.6 Å². The van der Waals surface area contributed by atoms with Crippen molar-refractivity contribution in [3.63, 3.8) is 0 Å². The molecule has 3 aromatic rings. The lowest BCUT2D eigenvalue weighted by molar-refractivity contribution is 0.200. The summed E-state index contributed by atoms with van der Waals surface area (Å²) in [5, 5.41) is 14.5. The van der Waals surface area contributed by atoms with E-state index in [-0.39, 0.29) is 18.2 Å². The van der Waals surface area contributed by atoms with Crippen LogP contribution in [0.5, 0.6) is 0 Å². The predicted molar refractivity (Wildman–Crippen MR) is 110 cm³/mol. The Balaban J connectivity index is 1.80. The molecule has 1 atom stereocenters. The maximum Gasteiger partial charge on any atom is 0.319 e.